The van der Waals surface area contributed by atoms with E-state index in [1.807, 2.05) is 12.1 Å². The summed E-state index contributed by atoms with van der Waals surface area (Å²) in [6.45, 7) is 3.51. The molecular weight excluding hydrogens is 224 g/mol. The maximum absolute atomic E-state index is 9.84. The molecule has 2 nitrogen and oxygen atoms in total. The Morgan fingerprint density at radius 1 is 1.25 bits per heavy atom. The van der Waals surface area contributed by atoms with Crippen LogP contribution in [0.4, 0.5) is 0 Å². The summed E-state index contributed by atoms with van der Waals surface area (Å²) in [4.78, 5) is 0. The number of benzene rings is 1. The number of aliphatic hydroxyl groups excluding tert-OH is 1. The van der Waals surface area contributed by atoms with E-state index in [4.69, 9.17) is 16.3 Å². The van der Waals surface area contributed by atoms with E-state index < -0.39 is 6.10 Å². The molecule has 0 saturated heterocycles. The van der Waals surface area contributed by atoms with E-state index in [2.05, 4.69) is 6.92 Å². The van der Waals surface area contributed by atoms with Crippen molar-refractivity contribution in [3.63, 3.8) is 0 Å². The van der Waals surface area contributed by atoms with Gasteiger partial charge in [0.25, 0.3) is 0 Å². The van der Waals surface area contributed by atoms with Crippen LogP contribution in [0.5, 0.6) is 0 Å². The second-order valence-electron chi connectivity index (χ2n) is 3.82. The lowest BCUT2D eigenvalue weighted by Gasteiger charge is -2.11. The molecule has 1 aromatic rings. The van der Waals surface area contributed by atoms with Crippen LogP contribution in [0.15, 0.2) is 24.3 Å². The molecule has 0 aromatic heterocycles. The van der Waals surface area contributed by atoms with Crippen molar-refractivity contribution in [1.82, 2.24) is 0 Å². The van der Waals surface area contributed by atoms with E-state index in [1.165, 1.54) is 0 Å². The van der Waals surface area contributed by atoms with Crippen LogP contribution in [-0.4, -0.2) is 18.3 Å². The zero-order valence-electron chi connectivity index (χ0n) is 9.66. The Kier molecular flexibility index (Phi) is 6.46. The first kappa shape index (κ1) is 13.5. The van der Waals surface area contributed by atoms with Crippen molar-refractivity contribution >= 4 is 11.6 Å². The SMILES string of the molecule is CCCCOCCC(O)c1ccc(Cl)cc1. The van der Waals surface area contributed by atoms with Gasteiger partial charge < -0.3 is 9.84 Å². The molecule has 1 aromatic carbocycles. The third kappa shape index (κ3) is 4.97. The Labute approximate surface area is 102 Å². The molecule has 0 bridgehead atoms. The highest BCUT2D eigenvalue weighted by Crippen LogP contribution is 2.18. The molecular formula is C13H19ClO2. The Bertz CT molecular complexity index is 284. The number of halogens is 1. The second-order valence-corrected chi connectivity index (χ2v) is 4.26. The number of rotatable bonds is 7. The molecule has 0 radical (unpaired) electrons. The van der Waals surface area contributed by atoms with Crippen molar-refractivity contribution in [2.45, 2.75) is 32.3 Å². The highest BCUT2D eigenvalue weighted by molar-refractivity contribution is 6.30. The average Bonchev–Trinajstić information content (AvgIpc) is 2.29. The minimum atomic E-state index is -0.459. The van der Waals surface area contributed by atoms with Gasteiger partial charge in [-0.1, -0.05) is 37.1 Å². The fourth-order valence-corrected chi connectivity index (χ4v) is 1.52. The molecule has 0 aliphatic rings. The molecule has 0 spiro atoms. The Morgan fingerprint density at radius 3 is 2.56 bits per heavy atom. The summed E-state index contributed by atoms with van der Waals surface area (Å²) < 4.78 is 5.40. The van der Waals surface area contributed by atoms with E-state index in [0.717, 1.165) is 25.0 Å². The second kappa shape index (κ2) is 7.66. The van der Waals surface area contributed by atoms with Crippen LogP contribution >= 0.6 is 11.6 Å². The monoisotopic (exact) mass is 242 g/mol. The van der Waals surface area contributed by atoms with Crippen molar-refractivity contribution < 1.29 is 9.84 Å². The van der Waals surface area contributed by atoms with E-state index in [1.54, 1.807) is 12.1 Å². The van der Waals surface area contributed by atoms with Crippen LogP contribution in [-0.2, 0) is 4.74 Å². The van der Waals surface area contributed by atoms with Gasteiger partial charge in [-0.2, -0.15) is 0 Å². The lowest BCUT2D eigenvalue weighted by molar-refractivity contribution is 0.0805. The molecule has 3 heteroatoms. The van der Waals surface area contributed by atoms with Crippen LogP contribution in [0, 0.1) is 0 Å². The molecule has 0 saturated carbocycles. The minimum Gasteiger partial charge on any atom is -0.388 e. The summed E-state index contributed by atoms with van der Waals surface area (Å²) in [5, 5.41) is 10.5. The quantitative estimate of drug-likeness (QED) is 0.741. The molecule has 0 heterocycles. The van der Waals surface area contributed by atoms with E-state index >= 15 is 0 Å². The number of aliphatic hydroxyl groups is 1. The van der Waals surface area contributed by atoms with Crippen molar-refractivity contribution in [3.8, 4) is 0 Å². The van der Waals surface area contributed by atoms with Crippen LogP contribution in [0.25, 0.3) is 0 Å². The molecule has 0 fully saturated rings. The van der Waals surface area contributed by atoms with E-state index in [9.17, 15) is 5.11 Å². The highest BCUT2D eigenvalue weighted by atomic mass is 35.5. The highest BCUT2D eigenvalue weighted by Gasteiger charge is 2.06. The van der Waals surface area contributed by atoms with Crippen molar-refractivity contribution in [1.29, 1.82) is 0 Å². The third-order valence-corrected chi connectivity index (χ3v) is 2.68. The first-order valence-corrected chi connectivity index (χ1v) is 6.13. The molecule has 1 atom stereocenters. The Hall–Kier alpha value is -0.570. The van der Waals surface area contributed by atoms with E-state index in [-0.39, 0.29) is 0 Å². The summed E-state index contributed by atoms with van der Waals surface area (Å²) in [5.74, 6) is 0. The van der Waals surface area contributed by atoms with Gasteiger partial charge in [0, 0.05) is 24.7 Å². The zero-order valence-corrected chi connectivity index (χ0v) is 10.4. The van der Waals surface area contributed by atoms with Crippen LogP contribution in [0.3, 0.4) is 0 Å². The number of ether oxygens (including phenoxy) is 1. The first-order chi connectivity index (χ1) is 7.74. The van der Waals surface area contributed by atoms with Crippen LogP contribution in [0.2, 0.25) is 5.02 Å². The summed E-state index contributed by atoms with van der Waals surface area (Å²) in [6, 6.07) is 7.27. The normalized spacial score (nSPS) is 12.7. The maximum atomic E-state index is 9.84. The van der Waals surface area contributed by atoms with Gasteiger partial charge in [-0.3, -0.25) is 0 Å². The standard InChI is InChI=1S/C13H19ClO2/c1-2-3-9-16-10-8-13(15)11-4-6-12(14)7-5-11/h4-7,13,15H,2-3,8-10H2,1H3. The molecule has 0 aliphatic carbocycles. The van der Waals surface area contributed by atoms with Gasteiger partial charge in [0.15, 0.2) is 0 Å². The van der Waals surface area contributed by atoms with Gasteiger partial charge in [-0.25, -0.2) is 0 Å². The number of hydrogen-bond acceptors (Lipinski definition) is 2. The number of unbranched alkanes of at least 4 members (excludes halogenated alkanes) is 1. The average molecular weight is 243 g/mol. The Balaban J connectivity index is 2.24. The zero-order chi connectivity index (χ0) is 11.8. The van der Waals surface area contributed by atoms with Gasteiger partial charge in [0.1, 0.15) is 0 Å². The van der Waals surface area contributed by atoms with Crippen molar-refractivity contribution in [2.75, 3.05) is 13.2 Å². The molecule has 0 aliphatic heterocycles. The third-order valence-electron chi connectivity index (χ3n) is 2.43. The largest absolute Gasteiger partial charge is 0.388 e. The number of hydrogen-bond donors (Lipinski definition) is 1. The first-order valence-electron chi connectivity index (χ1n) is 5.75. The van der Waals surface area contributed by atoms with Crippen LogP contribution < -0.4 is 0 Å². The lowest BCUT2D eigenvalue weighted by Crippen LogP contribution is -2.04. The summed E-state index contributed by atoms with van der Waals surface area (Å²) in [7, 11) is 0. The predicted molar refractivity (Wildman–Crippen MR) is 66.8 cm³/mol. The predicted octanol–water partition coefficient (Wildman–Crippen LogP) is 3.58. The van der Waals surface area contributed by atoms with E-state index in [0.29, 0.717) is 18.1 Å². The summed E-state index contributed by atoms with van der Waals surface area (Å²) >= 11 is 5.77. The molecule has 1 rings (SSSR count). The lowest BCUT2D eigenvalue weighted by atomic mass is 10.1. The molecule has 0 amide bonds. The van der Waals surface area contributed by atoms with Gasteiger partial charge in [-0.15, -0.1) is 0 Å². The van der Waals surface area contributed by atoms with Crippen molar-refractivity contribution in [3.05, 3.63) is 34.9 Å². The van der Waals surface area contributed by atoms with Gasteiger partial charge in [0.2, 0.25) is 0 Å². The van der Waals surface area contributed by atoms with Gasteiger partial charge in [-0.05, 0) is 24.1 Å². The van der Waals surface area contributed by atoms with Crippen LogP contribution in [0.1, 0.15) is 37.9 Å². The van der Waals surface area contributed by atoms with Gasteiger partial charge in [0.05, 0.1) is 6.10 Å². The smallest absolute Gasteiger partial charge is 0.0812 e. The maximum Gasteiger partial charge on any atom is 0.0812 e. The minimum absolute atomic E-state index is 0.459. The Morgan fingerprint density at radius 2 is 1.94 bits per heavy atom. The molecule has 1 unspecified atom stereocenters. The molecule has 16 heavy (non-hydrogen) atoms. The fourth-order valence-electron chi connectivity index (χ4n) is 1.40. The van der Waals surface area contributed by atoms with Crippen molar-refractivity contribution in [2.24, 2.45) is 0 Å². The summed E-state index contributed by atoms with van der Waals surface area (Å²) in [5.41, 5.74) is 0.892. The topological polar surface area (TPSA) is 29.5 Å². The summed E-state index contributed by atoms with van der Waals surface area (Å²) in [6.07, 6.45) is 2.39. The molecule has 90 valence electrons. The molecule has 1 N–H and O–H groups in total. The fraction of sp³-hybridized carbons (Fsp3) is 0.538. The van der Waals surface area contributed by atoms with Gasteiger partial charge >= 0.3 is 0 Å².